The van der Waals surface area contributed by atoms with Crippen LogP contribution in [0.25, 0.3) is 33.6 Å². The van der Waals surface area contributed by atoms with E-state index in [2.05, 4.69) is 97.1 Å². The van der Waals surface area contributed by atoms with Crippen LogP contribution < -0.4 is 5.19 Å². The van der Waals surface area contributed by atoms with Gasteiger partial charge in [0.15, 0.2) is 0 Å². The third kappa shape index (κ3) is 8.14. The first-order chi connectivity index (χ1) is 18.6. The molecule has 0 N–H and O–H groups in total. The maximum Gasteiger partial charge on any atom is 0.0799 e. The van der Waals surface area contributed by atoms with Gasteiger partial charge in [-0.3, -0.25) is 4.98 Å². The predicted octanol–water partition coefficient (Wildman–Crippen LogP) is 8.44. The van der Waals surface area contributed by atoms with Crippen LogP contribution >= 0.6 is 0 Å². The standard InChI is InChI=1S/C18H15N2.C17H22NSi.Ir/c1-13-10-17(11-14(2)20-13)16-8-9-18(19-12-16)15-6-4-3-5-7-15;1-13(2)15-11-16(14-9-7-6-8-10-14)18-12-17(15)19(3,4)5;/h3-6,8-12H,1-2H3;6-9,11-13H,1-5H3;/q2*-1;. The Labute approximate surface area is 254 Å². The molecule has 5 heteroatoms. The van der Waals surface area contributed by atoms with Gasteiger partial charge in [-0.25, -0.2) is 0 Å². The average molecular weight is 720 g/mol. The molecule has 0 bridgehead atoms. The fourth-order valence-electron chi connectivity index (χ4n) is 4.55. The molecule has 0 aliphatic heterocycles. The molecule has 5 aromatic rings. The molecule has 0 unspecified atom stereocenters. The van der Waals surface area contributed by atoms with Crippen LogP contribution in [0.3, 0.4) is 0 Å². The van der Waals surface area contributed by atoms with Gasteiger partial charge in [-0.05, 0) is 59.6 Å². The fraction of sp³-hybridized carbons (Fsp3) is 0.229. The van der Waals surface area contributed by atoms with Gasteiger partial charge in [-0.15, -0.1) is 71.8 Å². The minimum absolute atomic E-state index is 0. The molecular formula is C35H37IrN3Si-2. The molecule has 207 valence electrons. The van der Waals surface area contributed by atoms with Crippen molar-refractivity contribution in [1.82, 2.24) is 15.0 Å². The normalized spacial score (nSPS) is 10.9. The van der Waals surface area contributed by atoms with Gasteiger partial charge in [0.1, 0.15) is 0 Å². The number of benzene rings is 2. The number of hydrogen-bond donors (Lipinski definition) is 0. The van der Waals surface area contributed by atoms with Crippen molar-refractivity contribution in [1.29, 1.82) is 0 Å². The Morgan fingerprint density at radius 1 is 0.675 bits per heavy atom. The summed E-state index contributed by atoms with van der Waals surface area (Å²) in [6.45, 7) is 15.7. The van der Waals surface area contributed by atoms with Gasteiger partial charge in [-0.1, -0.05) is 57.3 Å². The number of nitrogens with zero attached hydrogens (tertiary/aromatic N) is 3. The van der Waals surface area contributed by atoms with Crippen molar-refractivity contribution < 1.29 is 20.1 Å². The third-order valence-corrected chi connectivity index (χ3v) is 8.55. The van der Waals surface area contributed by atoms with E-state index >= 15 is 0 Å². The van der Waals surface area contributed by atoms with Gasteiger partial charge >= 0.3 is 0 Å². The van der Waals surface area contributed by atoms with Crippen molar-refractivity contribution in [2.45, 2.75) is 53.3 Å². The van der Waals surface area contributed by atoms with Crippen molar-refractivity contribution in [2.75, 3.05) is 0 Å². The molecule has 0 saturated carbocycles. The summed E-state index contributed by atoms with van der Waals surface area (Å²) in [4.78, 5) is 13.6. The Morgan fingerprint density at radius 2 is 1.25 bits per heavy atom. The van der Waals surface area contributed by atoms with E-state index in [-0.39, 0.29) is 20.1 Å². The van der Waals surface area contributed by atoms with E-state index in [0.29, 0.717) is 5.92 Å². The molecule has 5 rings (SSSR count). The Balaban J connectivity index is 0.000000215. The van der Waals surface area contributed by atoms with Gasteiger partial charge < -0.3 is 9.97 Å². The van der Waals surface area contributed by atoms with Crippen LogP contribution in [0.4, 0.5) is 0 Å². The second-order valence-corrected chi connectivity index (χ2v) is 16.2. The summed E-state index contributed by atoms with van der Waals surface area (Å²) in [6.07, 6.45) is 4.00. The maximum absolute atomic E-state index is 4.66. The molecule has 0 amide bonds. The van der Waals surface area contributed by atoms with E-state index in [1.54, 1.807) is 0 Å². The summed E-state index contributed by atoms with van der Waals surface area (Å²) in [6, 6.07) is 32.9. The van der Waals surface area contributed by atoms with Gasteiger partial charge in [0.25, 0.3) is 0 Å². The number of pyridine rings is 3. The number of aromatic nitrogens is 3. The third-order valence-electron chi connectivity index (χ3n) is 6.51. The van der Waals surface area contributed by atoms with Crippen LogP contribution in [-0.2, 0) is 20.1 Å². The zero-order chi connectivity index (χ0) is 28.0. The van der Waals surface area contributed by atoms with E-state index in [0.717, 1.165) is 45.0 Å². The van der Waals surface area contributed by atoms with E-state index < -0.39 is 8.07 Å². The molecule has 3 nitrogen and oxygen atoms in total. The van der Waals surface area contributed by atoms with Crippen LogP contribution in [0.5, 0.6) is 0 Å². The Kier molecular flexibility index (Phi) is 10.9. The van der Waals surface area contributed by atoms with E-state index in [1.807, 2.05) is 68.6 Å². The molecule has 0 atom stereocenters. The largest absolute Gasteiger partial charge is 0.305 e. The number of aryl methyl sites for hydroxylation is 2. The summed E-state index contributed by atoms with van der Waals surface area (Å²) >= 11 is 0. The second-order valence-electron chi connectivity index (χ2n) is 11.2. The topological polar surface area (TPSA) is 38.7 Å². The van der Waals surface area contributed by atoms with Crippen molar-refractivity contribution >= 4 is 13.3 Å². The average Bonchev–Trinajstić information content (AvgIpc) is 2.93. The number of hydrogen-bond acceptors (Lipinski definition) is 3. The maximum atomic E-state index is 4.66. The van der Waals surface area contributed by atoms with Gasteiger partial charge in [0, 0.05) is 43.9 Å². The van der Waals surface area contributed by atoms with Crippen LogP contribution in [0.1, 0.15) is 36.7 Å². The van der Waals surface area contributed by atoms with Crippen molar-refractivity contribution in [2.24, 2.45) is 0 Å². The quantitative estimate of drug-likeness (QED) is 0.135. The van der Waals surface area contributed by atoms with Crippen molar-refractivity contribution in [3.8, 4) is 33.6 Å². The molecule has 0 saturated heterocycles. The first-order valence-electron chi connectivity index (χ1n) is 13.5. The molecule has 0 aliphatic carbocycles. The van der Waals surface area contributed by atoms with E-state index in [9.17, 15) is 0 Å². The van der Waals surface area contributed by atoms with Gasteiger partial charge in [0.05, 0.1) is 8.07 Å². The van der Waals surface area contributed by atoms with Crippen LogP contribution in [0.2, 0.25) is 19.6 Å². The zero-order valence-corrected chi connectivity index (χ0v) is 27.8. The van der Waals surface area contributed by atoms with Crippen molar-refractivity contribution in [3.05, 3.63) is 120 Å². The smallest absolute Gasteiger partial charge is 0.0799 e. The minimum Gasteiger partial charge on any atom is -0.305 e. The molecule has 0 spiro atoms. The SMILES string of the molecule is CC(C)c1cc(-c2[c-]cccc2)ncc1[Si](C)(C)C.Cc1cc(-c2ccc(-c3[c-]cccc3)nc2)cc(C)n1.[Ir]. The number of rotatable bonds is 5. The Hall–Kier alpha value is -3.24. The monoisotopic (exact) mass is 720 g/mol. The summed E-state index contributed by atoms with van der Waals surface area (Å²) < 4.78 is 0. The predicted molar refractivity (Wildman–Crippen MR) is 167 cm³/mol. The molecule has 0 aliphatic rings. The van der Waals surface area contributed by atoms with Crippen molar-refractivity contribution in [3.63, 3.8) is 0 Å². The van der Waals surface area contributed by atoms with Gasteiger partial charge in [0.2, 0.25) is 0 Å². The molecule has 0 fully saturated rings. The summed E-state index contributed by atoms with van der Waals surface area (Å²) in [5, 5.41) is 1.47. The fourth-order valence-corrected chi connectivity index (χ4v) is 6.23. The first-order valence-corrected chi connectivity index (χ1v) is 17.0. The Morgan fingerprint density at radius 3 is 1.73 bits per heavy atom. The second kappa shape index (κ2) is 13.9. The Bertz CT molecular complexity index is 1490. The molecule has 2 aromatic carbocycles. The first kappa shape index (κ1) is 31.3. The van der Waals surface area contributed by atoms with Crippen LogP contribution in [-0.4, -0.2) is 23.0 Å². The molecule has 40 heavy (non-hydrogen) atoms. The van der Waals surface area contributed by atoms with E-state index in [4.69, 9.17) is 0 Å². The molecule has 3 heterocycles. The van der Waals surface area contributed by atoms with Gasteiger partial charge in [-0.2, -0.15) is 0 Å². The molecular weight excluding hydrogens is 683 g/mol. The zero-order valence-electron chi connectivity index (χ0n) is 24.4. The van der Waals surface area contributed by atoms with Crippen LogP contribution in [0, 0.1) is 26.0 Å². The van der Waals surface area contributed by atoms with Crippen LogP contribution in [0.15, 0.2) is 91.3 Å². The molecule has 3 aromatic heterocycles. The summed E-state index contributed by atoms with van der Waals surface area (Å²) in [7, 11) is -1.34. The molecule has 1 radical (unpaired) electrons. The summed E-state index contributed by atoms with van der Waals surface area (Å²) in [5.74, 6) is 0.534. The van der Waals surface area contributed by atoms with E-state index in [1.165, 1.54) is 10.8 Å². The minimum atomic E-state index is -1.34. The summed E-state index contributed by atoms with van der Waals surface area (Å²) in [5.41, 5.74) is 9.84.